The maximum Gasteiger partial charge on any atom is 0.417 e. The second kappa shape index (κ2) is 35.8. The molecule has 0 fully saturated rings. The first-order chi connectivity index (χ1) is 38.1. The van der Waals surface area contributed by atoms with Crippen molar-refractivity contribution in [1.29, 1.82) is 0 Å². The highest BCUT2D eigenvalue weighted by Crippen LogP contribution is 2.37. The Kier molecular flexibility index (Phi) is 33.3. The van der Waals surface area contributed by atoms with E-state index < -0.39 is 40.8 Å². The molecule has 8 rings (SSSR count). The Hall–Kier alpha value is -3.76. The Bertz CT molecular complexity index is 2770. The van der Waals surface area contributed by atoms with Crippen LogP contribution in [0.2, 0.25) is 10.0 Å². The molecule has 0 spiro atoms. The minimum Gasteiger partial charge on any atom is -0.207 e. The van der Waals surface area contributed by atoms with Crippen molar-refractivity contribution in [2.45, 2.75) is 89.3 Å². The van der Waals surface area contributed by atoms with Gasteiger partial charge in [-0.05, 0) is 289 Å². The number of halogens is 22. The fraction of sp³-hybridized carbons (Fsp3) is 0.213. The Balaban J connectivity index is 0.000000475. The number of hydrogen-bond donors (Lipinski definition) is 0. The first-order valence-electron chi connectivity index (χ1n) is 23.6. The average molecular weight is 1600 g/mol. The SMILES string of the molecule is Cc1cc(F)cc(Br)c1C.Cc1cc(F)cc(Br)c1C(F)(F)F.Cc1cc(F)cc(Br)c1Cl.Cc1cc(F)cc(Br)c1F.Cc1cc(F)cc(C)c1Br.Cc1cc(F)cc(C)c1Cl.Cc1cc(F)cc(C)c1F.Cc1cc(F)cc(F)c1Br. The number of alkyl halides is 3. The van der Waals surface area contributed by atoms with Crippen molar-refractivity contribution in [2.75, 3.05) is 0 Å². The van der Waals surface area contributed by atoms with Crippen LogP contribution in [0.5, 0.6) is 0 Å². The van der Waals surface area contributed by atoms with Crippen LogP contribution in [0.4, 0.5) is 61.5 Å². The third-order valence-electron chi connectivity index (χ3n) is 10.8. The predicted molar refractivity (Wildman–Crippen MR) is 329 cm³/mol. The molecule has 0 bridgehead atoms. The van der Waals surface area contributed by atoms with E-state index in [1.807, 2.05) is 27.7 Å². The smallest absolute Gasteiger partial charge is 0.207 e. The van der Waals surface area contributed by atoms with E-state index in [0.717, 1.165) is 78.2 Å². The van der Waals surface area contributed by atoms with Crippen molar-refractivity contribution in [1.82, 2.24) is 0 Å². The molecule has 0 nitrogen and oxygen atoms in total. The van der Waals surface area contributed by atoms with Gasteiger partial charge in [-0.2, -0.15) is 13.2 Å². The van der Waals surface area contributed by atoms with Crippen LogP contribution in [0.25, 0.3) is 0 Å². The summed E-state index contributed by atoms with van der Waals surface area (Å²) >= 11 is 29.8. The van der Waals surface area contributed by atoms with E-state index in [0.29, 0.717) is 41.2 Å². The molecule has 0 saturated heterocycles. The van der Waals surface area contributed by atoms with E-state index in [9.17, 15) is 61.5 Å². The minimum absolute atomic E-state index is 0.126. The third kappa shape index (κ3) is 26.8. The van der Waals surface area contributed by atoms with Crippen LogP contribution >= 0.6 is 119 Å². The molecule has 450 valence electrons. The molecular weight excluding hydrogens is 1550 g/mol. The minimum atomic E-state index is -4.45. The van der Waals surface area contributed by atoms with Gasteiger partial charge >= 0.3 is 6.18 Å². The van der Waals surface area contributed by atoms with Gasteiger partial charge in [-0.3, -0.25) is 0 Å². The van der Waals surface area contributed by atoms with Crippen LogP contribution in [0, 0.1) is 147 Å². The van der Waals surface area contributed by atoms with Crippen LogP contribution in [-0.4, -0.2) is 0 Å². The quantitative estimate of drug-likeness (QED) is 0.105. The average Bonchev–Trinajstić information content (AvgIpc) is 3.34. The van der Waals surface area contributed by atoms with Gasteiger partial charge in [-0.15, -0.1) is 0 Å². The van der Waals surface area contributed by atoms with Crippen LogP contribution in [0.3, 0.4) is 0 Å². The van der Waals surface area contributed by atoms with Gasteiger partial charge in [0.15, 0.2) is 0 Å². The number of rotatable bonds is 0. The summed E-state index contributed by atoms with van der Waals surface area (Å²) in [6, 6.07) is 20.0. The van der Waals surface area contributed by atoms with E-state index in [2.05, 4.69) is 95.6 Å². The number of aryl methyl sites for hydroxylation is 11. The molecule has 0 radical (unpaired) electrons. The lowest BCUT2D eigenvalue weighted by Crippen LogP contribution is -2.08. The monoisotopic (exact) mass is 1590 g/mol. The van der Waals surface area contributed by atoms with Crippen molar-refractivity contribution in [3.63, 3.8) is 0 Å². The summed E-state index contributed by atoms with van der Waals surface area (Å²) in [7, 11) is 0. The highest BCUT2D eigenvalue weighted by atomic mass is 79.9. The zero-order valence-corrected chi connectivity index (χ0v) is 57.1. The van der Waals surface area contributed by atoms with Gasteiger partial charge in [0.05, 0.1) is 19.5 Å². The van der Waals surface area contributed by atoms with Gasteiger partial charge in [0.25, 0.3) is 0 Å². The van der Waals surface area contributed by atoms with Crippen LogP contribution in [0.1, 0.15) is 72.3 Å². The lowest BCUT2D eigenvalue weighted by molar-refractivity contribution is -0.138. The maximum absolute atomic E-state index is 12.7. The Morgan fingerprint density at radius 2 is 0.554 bits per heavy atom. The molecule has 22 heteroatoms. The topological polar surface area (TPSA) is 0 Å². The normalized spacial score (nSPS) is 10.3. The summed E-state index contributed by atoms with van der Waals surface area (Å²) in [5.74, 6) is -4.15. The fourth-order valence-corrected chi connectivity index (χ4v) is 9.60. The maximum atomic E-state index is 12.7. The highest BCUT2D eigenvalue weighted by molar-refractivity contribution is 9.11. The summed E-state index contributed by atoms with van der Waals surface area (Å²) < 4.78 is 178. The second-order valence-electron chi connectivity index (χ2n) is 18.0. The molecule has 0 heterocycles. The standard InChI is InChI=1S/C8H5BrF4.2C8H8BrF.C8H8ClF.C8H8F2.C7H5BrClF.2C7H5BrF2/c1-4-2-5(10)3-6(9)7(4)8(11,12)13;1-5-3-7(10)4-8(9)6(5)2;2*1-5-3-7(10)4-6(2)8(5)9;1-5-3-7(9)4-6(2)8(5)10;1-4-2-5(10)3-6(8)7(4)9;1-4-2-5(9)3-6(10)7(4)8;1-4-2-5(9)3-6(8)7(4)10/h2-3H,1H3;4*3-4H,1-2H3;3*2-3H,1H3. The van der Waals surface area contributed by atoms with E-state index >= 15 is 0 Å². The molecule has 0 unspecified atom stereocenters. The van der Waals surface area contributed by atoms with E-state index in [-0.39, 0.29) is 49.4 Å². The second-order valence-corrected chi connectivity index (χ2v) is 23.8. The molecule has 0 atom stereocenters. The Morgan fingerprint density at radius 1 is 0.277 bits per heavy atom. The van der Waals surface area contributed by atoms with Crippen LogP contribution < -0.4 is 0 Å². The molecular formula is C61H52Br6Cl2F14. The fourth-order valence-electron chi connectivity index (χ4n) is 6.57. The largest absolute Gasteiger partial charge is 0.417 e. The van der Waals surface area contributed by atoms with Crippen molar-refractivity contribution in [3.05, 3.63) is 270 Å². The van der Waals surface area contributed by atoms with Crippen molar-refractivity contribution < 1.29 is 61.5 Å². The summed E-state index contributed by atoms with van der Waals surface area (Å²) in [5, 5.41) is 1.22. The molecule has 0 aromatic heterocycles. The predicted octanol–water partition coefficient (Wildman–Crippen LogP) is 25.6. The van der Waals surface area contributed by atoms with E-state index in [4.69, 9.17) is 23.2 Å². The van der Waals surface area contributed by atoms with Crippen molar-refractivity contribution >= 4 is 119 Å². The van der Waals surface area contributed by atoms with Crippen LogP contribution in [-0.2, 0) is 6.18 Å². The molecule has 8 aromatic rings. The van der Waals surface area contributed by atoms with Crippen molar-refractivity contribution in [2.24, 2.45) is 0 Å². The molecule has 0 N–H and O–H groups in total. The molecule has 0 aliphatic heterocycles. The summed E-state index contributed by atoms with van der Waals surface area (Å²) in [6.45, 7) is 20.4. The first-order valence-corrected chi connectivity index (χ1v) is 29.2. The summed E-state index contributed by atoms with van der Waals surface area (Å²) in [4.78, 5) is 0. The van der Waals surface area contributed by atoms with Gasteiger partial charge in [0.1, 0.15) is 64.0 Å². The highest BCUT2D eigenvalue weighted by Gasteiger charge is 2.35. The van der Waals surface area contributed by atoms with Crippen molar-refractivity contribution in [3.8, 4) is 0 Å². The molecule has 0 aliphatic rings. The van der Waals surface area contributed by atoms with Gasteiger partial charge in [-0.1, -0.05) is 71.0 Å². The van der Waals surface area contributed by atoms with Crippen LogP contribution in [0.15, 0.2) is 124 Å². The third-order valence-corrected chi connectivity index (χ3v) is 17.1. The molecule has 8 aromatic carbocycles. The molecule has 0 saturated carbocycles. The Morgan fingerprint density at radius 3 is 0.904 bits per heavy atom. The van der Waals surface area contributed by atoms with Gasteiger partial charge in [0, 0.05) is 29.0 Å². The number of hydrogen-bond acceptors (Lipinski definition) is 0. The Labute approximate surface area is 535 Å². The van der Waals surface area contributed by atoms with Gasteiger partial charge in [0.2, 0.25) is 0 Å². The molecule has 0 amide bonds. The number of benzene rings is 8. The lowest BCUT2D eigenvalue weighted by Gasteiger charge is -2.11. The summed E-state index contributed by atoms with van der Waals surface area (Å²) in [5.41, 5.74) is 6.93. The molecule has 83 heavy (non-hydrogen) atoms. The van der Waals surface area contributed by atoms with Gasteiger partial charge < -0.3 is 0 Å². The molecule has 0 aliphatic carbocycles. The first kappa shape index (κ1) is 77.3. The van der Waals surface area contributed by atoms with Gasteiger partial charge in [-0.25, -0.2) is 48.3 Å². The summed E-state index contributed by atoms with van der Waals surface area (Å²) in [6.07, 6.45) is -4.45. The zero-order valence-electron chi connectivity index (χ0n) is 46.1. The van der Waals surface area contributed by atoms with E-state index in [1.165, 1.54) is 80.6 Å². The zero-order chi connectivity index (χ0) is 64.3. The van der Waals surface area contributed by atoms with E-state index in [1.54, 1.807) is 41.5 Å². The lowest BCUT2D eigenvalue weighted by atomic mass is 10.1.